The summed E-state index contributed by atoms with van der Waals surface area (Å²) in [7, 11) is 0. The zero-order chi connectivity index (χ0) is 15.8. The van der Waals surface area contributed by atoms with Gasteiger partial charge < -0.3 is 5.32 Å². The van der Waals surface area contributed by atoms with Crippen LogP contribution in [0.3, 0.4) is 0 Å². The number of hydrogen-bond acceptors (Lipinski definition) is 5. The number of carbonyl (C=O) groups is 1. The lowest BCUT2D eigenvalue weighted by molar-refractivity contribution is 0.0928. The van der Waals surface area contributed by atoms with Crippen LogP contribution in [0.2, 0.25) is 0 Å². The fourth-order valence-electron chi connectivity index (χ4n) is 2.80. The predicted octanol–water partition coefficient (Wildman–Crippen LogP) is 2.79. The smallest absolute Gasteiger partial charge is 0.251 e. The zero-order valence-corrected chi connectivity index (χ0v) is 13.6. The molecule has 1 atom stereocenters. The summed E-state index contributed by atoms with van der Waals surface area (Å²) in [6.45, 7) is 2.78. The average Bonchev–Trinajstić information content (AvgIpc) is 3.12. The maximum Gasteiger partial charge on any atom is 0.251 e. The summed E-state index contributed by atoms with van der Waals surface area (Å²) in [5, 5.41) is 7.38. The first-order valence-corrected chi connectivity index (χ1v) is 8.66. The van der Waals surface area contributed by atoms with Gasteiger partial charge in [-0.05, 0) is 43.9 Å². The largest absolute Gasteiger partial charge is 0.342 e. The number of carbonyl (C=O) groups excluding carboxylic acids is 1. The summed E-state index contributed by atoms with van der Waals surface area (Å²) >= 11 is 1.54. The van der Waals surface area contributed by atoms with Gasteiger partial charge in [0, 0.05) is 12.1 Å². The molecule has 1 fully saturated rings. The number of aromatic nitrogens is 4. The number of fused-ring (bicyclic) bond motifs is 1. The van der Waals surface area contributed by atoms with E-state index in [9.17, 15) is 4.79 Å². The van der Waals surface area contributed by atoms with E-state index >= 15 is 0 Å². The second-order valence-corrected chi connectivity index (χ2v) is 6.64. The highest BCUT2D eigenvalue weighted by molar-refractivity contribution is 7.16. The molecule has 0 bridgehead atoms. The van der Waals surface area contributed by atoms with E-state index in [0.717, 1.165) is 35.4 Å². The van der Waals surface area contributed by atoms with Gasteiger partial charge in [0.25, 0.3) is 5.91 Å². The van der Waals surface area contributed by atoms with Gasteiger partial charge in [-0.15, -0.1) is 11.3 Å². The van der Waals surface area contributed by atoms with Gasteiger partial charge in [0.1, 0.15) is 12.2 Å². The van der Waals surface area contributed by atoms with Crippen LogP contribution in [-0.2, 0) is 6.54 Å². The summed E-state index contributed by atoms with van der Waals surface area (Å²) in [5.41, 5.74) is 3.38. The van der Waals surface area contributed by atoms with Crippen molar-refractivity contribution in [2.75, 3.05) is 0 Å². The average molecular weight is 327 g/mol. The summed E-state index contributed by atoms with van der Waals surface area (Å²) in [5.74, 6) is 1.24. The molecule has 2 heterocycles. The highest BCUT2D eigenvalue weighted by atomic mass is 32.1. The van der Waals surface area contributed by atoms with Crippen LogP contribution in [0.25, 0.3) is 10.2 Å². The molecule has 2 aromatic heterocycles. The van der Waals surface area contributed by atoms with Crippen LogP contribution in [-0.4, -0.2) is 25.7 Å². The Labute approximate surface area is 137 Å². The molecule has 23 heavy (non-hydrogen) atoms. The molecular formula is C16H17N5OS. The molecule has 0 unspecified atom stereocenters. The molecule has 1 aliphatic rings. The minimum Gasteiger partial charge on any atom is -0.342 e. The van der Waals surface area contributed by atoms with E-state index in [-0.39, 0.29) is 11.9 Å². The standard InChI is InChI=1S/C16H17N5OS/c1-2-21-15(17-8-19-21)14(10-3-4-10)20-16(22)11-5-6-12-13(7-11)23-9-18-12/h5-10,14H,2-4H2,1H3,(H,20,22)/t14-/m1/s1. The second kappa shape index (κ2) is 5.73. The molecule has 0 aliphatic heterocycles. The van der Waals surface area contributed by atoms with Gasteiger partial charge in [-0.2, -0.15) is 5.10 Å². The minimum absolute atomic E-state index is 0.0668. The number of nitrogens with one attached hydrogen (secondary N) is 1. The summed E-state index contributed by atoms with van der Waals surface area (Å²) in [6, 6.07) is 5.55. The number of hydrogen-bond donors (Lipinski definition) is 1. The minimum atomic E-state index is -0.0675. The number of rotatable bonds is 5. The fourth-order valence-corrected chi connectivity index (χ4v) is 3.52. The highest BCUT2D eigenvalue weighted by Crippen LogP contribution is 2.40. The fraction of sp³-hybridized carbons (Fsp3) is 0.375. The first-order chi connectivity index (χ1) is 11.3. The van der Waals surface area contributed by atoms with Gasteiger partial charge in [0.05, 0.1) is 21.8 Å². The first-order valence-electron chi connectivity index (χ1n) is 7.78. The molecule has 0 spiro atoms. The third kappa shape index (κ3) is 2.72. The number of aryl methyl sites for hydroxylation is 1. The number of thiazole rings is 1. The van der Waals surface area contributed by atoms with Crippen LogP contribution in [0.15, 0.2) is 30.0 Å². The topological polar surface area (TPSA) is 72.7 Å². The molecule has 0 radical (unpaired) electrons. The van der Waals surface area contributed by atoms with Gasteiger partial charge in [-0.3, -0.25) is 4.79 Å². The number of amides is 1. The van der Waals surface area contributed by atoms with Crippen molar-refractivity contribution in [1.29, 1.82) is 0 Å². The molecule has 1 aliphatic carbocycles. The maximum absolute atomic E-state index is 12.7. The van der Waals surface area contributed by atoms with Crippen molar-refractivity contribution in [2.24, 2.45) is 5.92 Å². The Balaban J connectivity index is 1.60. The van der Waals surface area contributed by atoms with Crippen molar-refractivity contribution in [2.45, 2.75) is 32.4 Å². The van der Waals surface area contributed by atoms with Gasteiger partial charge >= 0.3 is 0 Å². The van der Waals surface area contributed by atoms with E-state index in [1.165, 1.54) is 0 Å². The van der Waals surface area contributed by atoms with Crippen LogP contribution in [0, 0.1) is 5.92 Å². The lowest BCUT2D eigenvalue weighted by Crippen LogP contribution is -2.32. The second-order valence-electron chi connectivity index (χ2n) is 5.76. The van der Waals surface area contributed by atoms with E-state index in [1.807, 2.05) is 29.8 Å². The van der Waals surface area contributed by atoms with Gasteiger partial charge in [-0.1, -0.05) is 0 Å². The lowest BCUT2D eigenvalue weighted by Gasteiger charge is -2.18. The Kier molecular flexibility index (Phi) is 3.57. The van der Waals surface area contributed by atoms with Crippen molar-refractivity contribution in [1.82, 2.24) is 25.1 Å². The van der Waals surface area contributed by atoms with Crippen molar-refractivity contribution < 1.29 is 4.79 Å². The summed E-state index contributed by atoms with van der Waals surface area (Å²) < 4.78 is 2.88. The van der Waals surface area contributed by atoms with Crippen LogP contribution in [0.1, 0.15) is 42.0 Å². The van der Waals surface area contributed by atoms with E-state index in [0.29, 0.717) is 11.5 Å². The third-order valence-corrected chi connectivity index (χ3v) is 4.99. The SMILES string of the molecule is CCn1ncnc1[C@H](NC(=O)c1ccc2ncsc2c1)C1CC1. The highest BCUT2D eigenvalue weighted by Gasteiger charge is 2.36. The molecule has 7 heteroatoms. The molecule has 1 aromatic carbocycles. The molecule has 1 N–H and O–H groups in total. The molecule has 6 nitrogen and oxygen atoms in total. The van der Waals surface area contributed by atoms with Crippen LogP contribution in [0.4, 0.5) is 0 Å². The van der Waals surface area contributed by atoms with Crippen LogP contribution < -0.4 is 5.32 Å². The zero-order valence-electron chi connectivity index (χ0n) is 12.8. The molecular weight excluding hydrogens is 310 g/mol. The van der Waals surface area contributed by atoms with Crippen molar-refractivity contribution in [3.63, 3.8) is 0 Å². The Bertz CT molecular complexity index is 851. The quantitative estimate of drug-likeness (QED) is 0.782. The van der Waals surface area contributed by atoms with Gasteiger partial charge in [-0.25, -0.2) is 14.6 Å². The third-order valence-electron chi connectivity index (χ3n) is 4.20. The van der Waals surface area contributed by atoms with Crippen molar-refractivity contribution in [3.8, 4) is 0 Å². The van der Waals surface area contributed by atoms with Crippen LogP contribution in [0.5, 0.6) is 0 Å². The van der Waals surface area contributed by atoms with Gasteiger partial charge in [0.15, 0.2) is 0 Å². The van der Waals surface area contributed by atoms with Crippen LogP contribution >= 0.6 is 11.3 Å². The van der Waals surface area contributed by atoms with Crippen molar-refractivity contribution >= 4 is 27.5 Å². The van der Waals surface area contributed by atoms with E-state index < -0.39 is 0 Å². The molecule has 0 saturated heterocycles. The van der Waals surface area contributed by atoms with E-state index in [2.05, 4.69) is 20.4 Å². The van der Waals surface area contributed by atoms with Gasteiger partial charge in [0.2, 0.25) is 0 Å². The Morgan fingerprint density at radius 3 is 3.09 bits per heavy atom. The molecule has 1 saturated carbocycles. The number of nitrogens with zero attached hydrogens (tertiary/aromatic N) is 4. The lowest BCUT2D eigenvalue weighted by atomic mass is 10.1. The Hall–Kier alpha value is -2.28. The first kappa shape index (κ1) is 14.3. The Morgan fingerprint density at radius 1 is 1.43 bits per heavy atom. The maximum atomic E-state index is 12.7. The number of benzene rings is 1. The predicted molar refractivity (Wildman–Crippen MR) is 88.2 cm³/mol. The molecule has 4 rings (SSSR count). The molecule has 118 valence electrons. The van der Waals surface area contributed by atoms with E-state index in [4.69, 9.17) is 0 Å². The summed E-state index contributed by atoms with van der Waals surface area (Å²) in [4.78, 5) is 21.3. The van der Waals surface area contributed by atoms with Crippen molar-refractivity contribution in [3.05, 3.63) is 41.4 Å². The Morgan fingerprint density at radius 2 is 2.30 bits per heavy atom. The van der Waals surface area contributed by atoms with E-state index in [1.54, 1.807) is 23.2 Å². The normalized spacial score (nSPS) is 15.7. The summed E-state index contributed by atoms with van der Waals surface area (Å²) in [6.07, 6.45) is 3.80. The molecule has 3 aromatic rings. The molecule has 1 amide bonds. The monoisotopic (exact) mass is 327 g/mol.